The molecule has 2 heterocycles. The highest BCUT2D eigenvalue weighted by Crippen LogP contribution is 2.27. The molecule has 0 aliphatic carbocycles. The summed E-state index contributed by atoms with van der Waals surface area (Å²) in [5.74, 6) is 2.37. The van der Waals surface area contributed by atoms with Crippen LogP contribution in [0.1, 0.15) is 12.5 Å². The van der Waals surface area contributed by atoms with Crippen LogP contribution in [0.15, 0.2) is 59.6 Å². The molecule has 0 saturated carbocycles. The maximum Gasteiger partial charge on any atom is 0.193 e. The van der Waals surface area contributed by atoms with Crippen molar-refractivity contribution in [3.63, 3.8) is 0 Å². The van der Waals surface area contributed by atoms with Crippen molar-refractivity contribution in [2.75, 3.05) is 46.9 Å². The number of rotatable bonds is 7. The second kappa shape index (κ2) is 10.7. The Morgan fingerprint density at radius 2 is 1.88 bits per heavy atom. The molecule has 0 aromatic heterocycles. The summed E-state index contributed by atoms with van der Waals surface area (Å²) in [5, 5.41) is 3.48. The van der Waals surface area contributed by atoms with Crippen LogP contribution in [0.25, 0.3) is 0 Å². The standard InChI is InChI=1S/C25H34N4O3/c1-19(32-23-12-8-7-11-22(23)30-3)15-27-25(26-2)29-17-21-24(18-29)31-14-13-28(21)16-20-9-5-4-6-10-20/h4-12,19,21,24H,13-18H2,1-3H3,(H,26,27). The van der Waals surface area contributed by atoms with E-state index in [0.29, 0.717) is 12.6 Å². The fourth-order valence-corrected chi connectivity index (χ4v) is 4.49. The highest BCUT2D eigenvalue weighted by atomic mass is 16.5. The Kier molecular flexibility index (Phi) is 7.50. The van der Waals surface area contributed by atoms with E-state index < -0.39 is 0 Å². The van der Waals surface area contributed by atoms with Crippen LogP contribution in [0.3, 0.4) is 0 Å². The molecule has 2 fully saturated rings. The molecular formula is C25H34N4O3. The number of nitrogens with zero attached hydrogens (tertiary/aromatic N) is 3. The molecule has 0 radical (unpaired) electrons. The molecule has 7 heteroatoms. The van der Waals surface area contributed by atoms with Gasteiger partial charge >= 0.3 is 0 Å². The van der Waals surface area contributed by atoms with Crippen LogP contribution < -0.4 is 14.8 Å². The Labute approximate surface area is 191 Å². The van der Waals surface area contributed by atoms with Gasteiger partial charge in [0.1, 0.15) is 6.10 Å². The molecule has 4 rings (SSSR count). The summed E-state index contributed by atoms with van der Waals surface area (Å²) >= 11 is 0. The molecule has 0 spiro atoms. The highest BCUT2D eigenvalue weighted by molar-refractivity contribution is 5.80. The van der Waals surface area contributed by atoms with Gasteiger partial charge in [0.05, 0.1) is 32.4 Å². The van der Waals surface area contributed by atoms with E-state index in [0.717, 1.165) is 50.2 Å². The first-order valence-electron chi connectivity index (χ1n) is 11.3. The van der Waals surface area contributed by atoms with E-state index in [4.69, 9.17) is 14.2 Å². The topological polar surface area (TPSA) is 58.6 Å². The Morgan fingerprint density at radius 3 is 2.62 bits per heavy atom. The summed E-state index contributed by atoms with van der Waals surface area (Å²) < 4.78 is 17.6. The van der Waals surface area contributed by atoms with E-state index in [1.54, 1.807) is 7.11 Å². The monoisotopic (exact) mass is 438 g/mol. The van der Waals surface area contributed by atoms with Gasteiger partial charge in [-0.1, -0.05) is 42.5 Å². The van der Waals surface area contributed by atoms with Gasteiger partial charge in [-0.15, -0.1) is 0 Å². The van der Waals surface area contributed by atoms with Crippen LogP contribution in [0.5, 0.6) is 11.5 Å². The molecule has 1 N–H and O–H groups in total. The smallest absolute Gasteiger partial charge is 0.193 e. The molecule has 0 bridgehead atoms. The van der Waals surface area contributed by atoms with Crippen LogP contribution >= 0.6 is 0 Å². The summed E-state index contributed by atoms with van der Waals surface area (Å²) in [4.78, 5) is 9.37. The molecule has 172 valence electrons. The first kappa shape index (κ1) is 22.4. The summed E-state index contributed by atoms with van der Waals surface area (Å²) in [5.41, 5.74) is 1.34. The van der Waals surface area contributed by atoms with Gasteiger partial charge in [0.25, 0.3) is 0 Å². The molecule has 2 aromatic rings. The lowest BCUT2D eigenvalue weighted by Gasteiger charge is -2.36. The first-order valence-corrected chi connectivity index (χ1v) is 11.3. The van der Waals surface area contributed by atoms with Crippen molar-refractivity contribution in [3.8, 4) is 11.5 Å². The van der Waals surface area contributed by atoms with Crippen molar-refractivity contribution in [3.05, 3.63) is 60.2 Å². The van der Waals surface area contributed by atoms with Crippen molar-refractivity contribution < 1.29 is 14.2 Å². The zero-order chi connectivity index (χ0) is 22.3. The maximum atomic E-state index is 6.12. The minimum absolute atomic E-state index is 0.0428. The number of fused-ring (bicyclic) bond motifs is 1. The third-order valence-electron chi connectivity index (χ3n) is 6.10. The lowest BCUT2D eigenvalue weighted by Crippen LogP contribution is -2.50. The average molecular weight is 439 g/mol. The number of guanidine groups is 1. The number of aliphatic imine (C=N–C) groups is 1. The van der Waals surface area contributed by atoms with Crippen molar-refractivity contribution >= 4 is 5.96 Å². The number of hydrogen-bond acceptors (Lipinski definition) is 5. The number of hydrogen-bond donors (Lipinski definition) is 1. The number of likely N-dealkylation sites (tertiary alicyclic amines) is 1. The van der Waals surface area contributed by atoms with Crippen molar-refractivity contribution in [1.29, 1.82) is 0 Å². The SMILES string of the molecule is CN=C(NCC(C)Oc1ccccc1OC)N1CC2OCCN(Cc3ccccc3)C2C1. The fourth-order valence-electron chi connectivity index (χ4n) is 4.49. The molecule has 2 saturated heterocycles. The fraction of sp³-hybridized carbons (Fsp3) is 0.480. The van der Waals surface area contributed by atoms with E-state index in [1.165, 1.54) is 5.56 Å². The molecule has 7 nitrogen and oxygen atoms in total. The molecule has 0 amide bonds. The minimum Gasteiger partial charge on any atom is -0.493 e. The van der Waals surface area contributed by atoms with Gasteiger partial charge in [0, 0.05) is 33.2 Å². The van der Waals surface area contributed by atoms with Gasteiger partial charge in [-0.05, 0) is 24.6 Å². The molecule has 3 atom stereocenters. The minimum atomic E-state index is -0.0428. The van der Waals surface area contributed by atoms with Crippen LogP contribution in [0.2, 0.25) is 0 Å². The van der Waals surface area contributed by atoms with Gasteiger partial charge in [0.2, 0.25) is 0 Å². The Hall–Kier alpha value is -2.77. The van der Waals surface area contributed by atoms with Gasteiger partial charge in [-0.25, -0.2) is 0 Å². The van der Waals surface area contributed by atoms with Crippen LogP contribution in [-0.2, 0) is 11.3 Å². The van der Waals surface area contributed by atoms with Crippen molar-refractivity contribution in [1.82, 2.24) is 15.1 Å². The molecule has 2 aliphatic rings. The van der Waals surface area contributed by atoms with Gasteiger partial charge in [-0.2, -0.15) is 0 Å². The van der Waals surface area contributed by atoms with E-state index >= 15 is 0 Å². The molecule has 32 heavy (non-hydrogen) atoms. The largest absolute Gasteiger partial charge is 0.493 e. The zero-order valence-corrected chi connectivity index (χ0v) is 19.2. The number of morpholine rings is 1. The van der Waals surface area contributed by atoms with E-state index in [9.17, 15) is 0 Å². The second-order valence-corrected chi connectivity index (χ2v) is 8.35. The normalized spacial score (nSPS) is 22.3. The van der Waals surface area contributed by atoms with Gasteiger partial charge in [0.15, 0.2) is 17.5 Å². The second-order valence-electron chi connectivity index (χ2n) is 8.35. The summed E-state index contributed by atoms with van der Waals surface area (Å²) in [6, 6.07) is 18.7. The molecular weight excluding hydrogens is 404 g/mol. The lowest BCUT2D eigenvalue weighted by atomic mass is 10.1. The number of nitrogens with one attached hydrogen (secondary N) is 1. The average Bonchev–Trinajstić information content (AvgIpc) is 3.26. The van der Waals surface area contributed by atoms with Crippen molar-refractivity contribution in [2.45, 2.75) is 31.7 Å². The lowest BCUT2D eigenvalue weighted by molar-refractivity contribution is -0.0502. The van der Waals surface area contributed by atoms with Crippen LogP contribution in [-0.4, -0.2) is 81.0 Å². The predicted molar refractivity (Wildman–Crippen MR) is 126 cm³/mol. The third kappa shape index (κ3) is 5.34. The summed E-state index contributed by atoms with van der Waals surface area (Å²) in [7, 11) is 3.49. The Balaban J connectivity index is 1.32. The quantitative estimate of drug-likeness (QED) is 0.530. The van der Waals surface area contributed by atoms with E-state index in [1.807, 2.05) is 38.2 Å². The van der Waals surface area contributed by atoms with E-state index in [-0.39, 0.29) is 12.2 Å². The number of ether oxygens (including phenoxy) is 3. The Morgan fingerprint density at radius 1 is 1.12 bits per heavy atom. The zero-order valence-electron chi connectivity index (χ0n) is 19.2. The first-order chi connectivity index (χ1) is 15.7. The van der Waals surface area contributed by atoms with Crippen LogP contribution in [0.4, 0.5) is 0 Å². The molecule has 2 aliphatic heterocycles. The molecule has 2 aromatic carbocycles. The number of methoxy groups -OCH3 is 1. The van der Waals surface area contributed by atoms with Crippen LogP contribution in [0, 0.1) is 0 Å². The highest BCUT2D eigenvalue weighted by Gasteiger charge is 2.41. The third-order valence-corrected chi connectivity index (χ3v) is 6.10. The summed E-state index contributed by atoms with van der Waals surface area (Å²) in [6.45, 7) is 7.12. The number of benzene rings is 2. The van der Waals surface area contributed by atoms with Crippen molar-refractivity contribution in [2.24, 2.45) is 4.99 Å². The predicted octanol–water partition coefficient (Wildman–Crippen LogP) is 2.62. The van der Waals surface area contributed by atoms with E-state index in [2.05, 4.69) is 50.4 Å². The number of para-hydroxylation sites is 2. The Bertz CT molecular complexity index is 892. The van der Waals surface area contributed by atoms with Gasteiger partial charge in [-0.3, -0.25) is 9.89 Å². The molecule has 3 unspecified atom stereocenters. The van der Waals surface area contributed by atoms with Gasteiger partial charge < -0.3 is 24.4 Å². The maximum absolute atomic E-state index is 6.12. The summed E-state index contributed by atoms with van der Waals surface area (Å²) in [6.07, 6.45) is 0.159.